The molecular formula is C24H21F2N7O3. The highest BCUT2D eigenvalue weighted by Crippen LogP contribution is 2.38. The Bertz CT molecular complexity index is 1500. The zero-order chi connectivity index (χ0) is 25.2. The SMILES string of the molecule is CCn1c(-c2c(CO)cccc2-c2ccc(OC(F)F)cc2)nc2nc(OC)c(-c3nn[nH]n3)cc21. The molecule has 184 valence electrons. The number of aliphatic hydroxyl groups excluding tert-OH is 1. The van der Waals surface area contributed by atoms with Gasteiger partial charge in [0.05, 0.1) is 24.8 Å². The highest BCUT2D eigenvalue weighted by molar-refractivity contribution is 5.89. The second-order valence-corrected chi connectivity index (χ2v) is 7.70. The van der Waals surface area contributed by atoms with Gasteiger partial charge < -0.3 is 19.1 Å². The summed E-state index contributed by atoms with van der Waals surface area (Å²) < 4.78 is 37.1. The average Bonchev–Trinajstić information content (AvgIpc) is 3.55. The number of alkyl halides is 2. The molecule has 5 rings (SSSR count). The highest BCUT2D eigenvalue weighted by atomic mass is 19.3. The lowest BCUT2D eigenvalue weighted by molar-refractivity contribution is -0.0498. The maximum atomic E-state index is 12.6. The van der Waals surface area contributed by atoms with Crippen molar-refractivity contribution < 1.29 is 23.4 Å². The Morgan fingerprint density at radius 2 is 1.89 bits per heavy atom. The Kier molecular flexibility index (Phi) is 6.25. The van der Waals surface area contributed by atoms with Gasteiger partial charge in [-0.3, -0.25) is 0 Å². The Hall–Kier alpha value is -4.45. The van der Waals surface area contributed by atoms with Gasteiger partial charge >= 0.3 is 6.61 Å². The second kappa shape index (κ2) is 9.66. The molecule has 2 N–H and O–H groups in total. The van der Waals surface area contributed by atoms with E-state index in [1.165, 1.54) is 19.2 Å². The summed E-state index contributed by atoms with van der Waals surface area (Å²) in [5, 5.41) is 24.3. The Morgan fingerprint density at radius 1 is 1.08 bits per heavy atom. The average molecular weight is 493 g/mol. The van der Waals surface area contributed by atoms with Gasteiger partial charge in [-0.1, -0.05) is 30.3 Å². The van der Waals surface area contributed by atoms with Crippen LogP contribution in [-0.2, 0) is 13.2 Å². The molecule has 0 saturated heterocycles. The van der Waals surface area contributed by atoms with Crippen molar-refractivity contribution in [3.05, 3.63) is 54.1 Å². The number of hydrogen-bond donors (Lipinski definition) is 2. The number of H-pyrrole nitrogens is 1. The van der Waals surface area contributed by atoms with Crippen LogP contribution in [0.2, 0.25) is 0 Å². The number of pyridine rings is 1. The van der Waals surface area contributed by atoms with Crippen molar-refractivity contribution in [2.75, 3.05) is 7.11 Å². The van der Waals surface area contributed by atoms with Crippen LogP contribution in [0.5, 0.6) is 11.6 Å². The van der Waals surface area contributed by atoms with Crippen molar-refractivity contribution in [2.24, 2.45) is 0 Å². The van der Waals surface area contributed by atoms with Crippen molar-refractivity contribution in [1.82, 2.24) is 35.2 Å². The number of aliphatic hydroxyl groups is 1. The van der Waals surface area contributed by atoms with Crippen LogP contribution in [0.25, 0.3) is 45.1 Å². The van der Waals surface area contributed by atoms with Crippen LogP contribution in [0.4, 0.5) is 8.78 Å². The summed E-state index contributed by atoms with van der Waals surface area (Å²) in [6.07, 6.45) is 0. The Morgan fingerprint density at radius 3 is 2.53 bits per heavy atom. The van der Waals surface area contributed by atoms with Crippen LogP contribution in [0, 0.1) is 0 Å². The van der Waals surface area contributed by atoms with Gasteiger partial charge in [-0.15, -0.1) is 10.2 Å². The quantitative estimate of drug-likeness (QED) is 0.332. The van der Waals surface area contributed by atoms with Crippen molar-refractivity contribution >= 4 is 11.2 Å². The molecule has 0 bridgehead atoms. The molecule has 0 aliphatic carbocycles. The molecular weight excluding hydrogens is 472 g/mol. The molecule has 0 fully saturated rings. The van der Waals surface area contributed by atoms with E-state index >= 15 is 0 Å². The van der Waals surface area contributed by atoms with Crippen molar-refractivity contribution in [3.8, 4) is 45.5 Å². The first-order valence-corrected chi connectivity index (χ1v) is 11.0. The molecule has 2 aromatic carbocycles. The largest absolute Gasteiger partial charge is 0.480 e. The van der Waals surface area contributed by atoms with Crippen LogP contribution >= 0.6 is 0 Å². The summed E-state index contributed by atoms with van der Waals surface area (Å²) in [7, 11) is 1.50. The fourth-order valence-electron chi connectivity index (χ4n) is 4.19. The number of hydrogen-bond acceptors (Lipinski definition) is 8. The van der Waals surface area contributed by atoms with E-state index in [-0.39, 0.29) is 12.4 Å². The molecule has 0 amide bonds. The maximum Gasteiger partial charge on any atom is 0.387 e. The molecule has 5 aromatic rings. The molecule has 36 heavy (non-hydrogen) atoms. The number of benzene rings is 2. The molecule has 0 aliphatic rings. The van der Waals surface area contributed by atoms with Crippen molar-refractivity contribution in [1.29, 1.82) is 0 Å². The first kappa shape index (κ1) is 23.3. The van der Waals surface area contributed by atoms with Gasteiger partial charge in [0.1, 0.15) is 11.6 Å². The van der Waals surface area contributed by atoms with Gasteiger partial charge in [0.25, 0.3) is 0 Å². The van der Waals surface area contributed by atoms with E-state index in [0.717, 1.165) is 11.1 Å². The lowest BCUT2D eigenvalue weighted by Gasteiger charge is -2.15. The van der Waals surface area contributed by atoms with Gasteiger partial charge in [0, 0.05) is 12.1 Å². The molecule has 0 saturated carbocycles. The topological polar surface area (TPSA) is 124 Å². The molecule has 3 aromatic heterocycles. The second-order valence-electron chi connectivity index (χ2n) is 7.70. The van der Waals surface area contributed by atoms with Gasteiger partial charge in [0.2, 0.25) is 11.7 Å². The number of nitrogens with zero attached hydrogens (tertiary/aromatic N) is 6. The summed E-state index contributed by atoms with van der Waals surface area (Å²) in [5.41, 5.74) is 4.56. The summed E-state index contributed by atoms with van der Waals surface area (Å²) in [6, 6.07) is 13.7. The first-order valence-electron chi connectivity index (χ1n) is 11.0. The zero-order valence-electron chi connectivity index (χ0n) is 19.3. The van der Waals surface area contributed by atoms with Crippen LogP contribution in [0.3, 0.4) is 0 Å². The van der Waals surface area contributed by atoms with E-state index in [2.05, 4.69) is 30.3 Å². The van der Waals surface area contributed by atoms with Crippen LogP contribution in [0.1, 0.15) is 12.5 Å². The van der Waals surface area contributed by atoms with E-state index in [1.54, 1.807) is 12.1 Å². The minimum Gasteiger partial charge on any atom is -0.480 e. The van der Waals surface area contributed by atoms with Crippen molar-refractivity contribution in [2.45, 2.75) is 26.7 Å². The normalized spacial score (nSPS) is 11.4. The first-order chi connectivity index (χ1) is 17.5. The van der Waals surface area contributed by atoms with E-state index < -0.39 is 6.61 Å². The van der Waals surface area contributed by atoms with Crippen molar-refractivity contribution in [3.63, 3.8) is 0 Å². The van der Waals surface area contributed by atoms with Crippen LogP contribution in [0.15, 0.2) is 48.5 Å². The van der Waals surface area contributed by atoms with Gasteiger partial charge in [0.15, 0.2) is 5.65 Å². The minimum atomic E-state index is -2.91. The minimum absolute atomic E-state index is 0.0553. The standard InChI is InChI=1S/C24H21F2N7O3/c1-3-33-18-11-17(20-29-31-32-30-20)23(35-2)28-21(18)27-22(33)19-14(12-34)5-4-6-16(19)13-7-9-15(10-8-13)36-24(25)26/h4-11,24,34H,3,12H2,1-2H3,(H,29,30,31,32). The van der Waals surface area contributed by atoms with Gasteiger partial charge in [-0.2, -0.15) is 19.0 Å². The molecule has 10 nitrogen and oxygen atoms in total. The molecule has 3 heterocycles. The predicted molar refractivity (Wildman–Crippen MR) is 126 cm³/mol. The maximum absolute atomic E-state index is 12.6. The lowest BCUT2D eigenvalue weighted by Crippen LogP contribution is -2.03. The number of nitrogens with one attached hydrogen (secondary N) is 1. The molecule has 0 spiro atoms. The summed E-state index contributed by atoms with van der Waals surface area (Å²) in [4.78, 5) is 9.38. The van der Waals surface area contributed by atoms with Crippen LogP contribution in [-0.4, -0.2) is 54.0 Å². The molecule has 0 atom stereocenters. The third-order valence-corrected chi connectivity index (χ3v) is 5.74. The third-order valence-electron chi connectivity index (χ3n) is 5.74. The van der Waals surface area contributed by atoms with Gasteiger partial charge in [-0.25, -0.2) is 4.98 Å². The number of aryl methyl sites for hydroxylation is 1. The monoisotopic (exact) mass is 493 g/mol. The number of rotatable bonds is 8. The number of halogens is 2. The molecule has 0 radical (unpaired) electrons. The van der Waals surface area contributed by atoms with E-state index in [4.69, 9.17) is 9.72 Å². The fourth-order valence-corrected chi connectivity index (χ4v) is 4.19. The summed E-state index contributed by atoms with van der Waals surface area (Å²) in [5.74, 6) is 1.26. The molecule has 12 heteroatoms. The van der Waals surface area contributed by atoms with E-state index in [9.17, 15) is 13.9 Å². The van der Waals surface area contributed by atoms with Crippen LogP contribution < -0.4 is 9.47 Å². The number of aromatic amines is 1. The Labute approximate surface area is 203 Å². The number of methoxy groups -OCH3 is 1. The molecule has 0 aliphatic heterocycles. The predicted octanol–water partition coefficient (Wildman–Crippen LogP) is 4.07. The number of imidazole rings is 1. The number of ether oxygens (including phenoxy) is 2. The Balaban J connectivity index is 1.72. The zero-order valence-corrected chi connectivity index (χ0v) is 19.3. The number of aromatic nitrogens is 7. The number of fused-ring (bicyclic) bond motifs is 1. The molecule has 0 unspecified atom stereocenters. The third kappa shape index (κ3) is 4.11. The van der Waals surface area contributed by atoms with E-state index in [1.807, 2.05) is 35.8 Å². The number of tetrazole rings is 1. The summed E-state index contributed by atoms with van der Waals surface area (Å²) >= 11 is 0. The fraction of sp³-hybridized carbons (Fsp3) is 0.208. The summed E-state index contributed by atoms with van der Waals surface area (Å²) in [6.45, 7) is -0.615. The lowest BCUT2D eigenvalue weighted by atomic mass is 9.95. The smallest absolute Gasteiger partial charge is 0.387 e. The highest BCUT2D eigenvalue weighted by Gasteiger charge is 2.23. The van der Waals surface area contributed by atoms with Gasteiger partial charge in [-0.05, 0) is 47.0 Å². The van der Waals surface area contributed by atoms with E-state index in [0.29, 0.717) is 51.9 Å².